The second-order valence-electron chi connectivity index (χ2n) is 9.05. The van der Waals surface area contributed by atoms with E-state index in [2.05, 4.69) is 86.9 Å². The van der Waals surface area contributed by atoms with Gasteiger partial charge in [0.25, 0.3) is 0 Å². The van der Waals surface area contributed by atoms with Crippen molar-refractivity contribution in [2.45, 2.75) is 100 Å². The van der Waals surface area contributed by atoms with Crippen LogP contribution >= 0.6 is 0 Å². The quantitative estimate of drug-likeness (QED) is 0.176. The molecule has 1 unspecified atom stereocenters. The van der Waals surface area contributed by atoms with E-state index in [-0.39, 0.29) is 12.8 Å². The van der Waals surface area contributed by atoms with Crippen LogP contribution in [0.5, 0.6) is 0 Å². The van der Waals surface area contributed by atoms with Crippen LogP contribution in [0.2, 0.25) is 0 Å². The Bertz CT molecular complexity index is 735. The van der Waals surface area contributed by atoms with Gasteiger partial charge in [-0.15, -0.1) is 6.58 Å². The number of alkyl carbamates (subject to hydrolysis) is 1. The van der Waals surface area contributed by atoms with Gasteiger partial charge in [-0.2, -0.15) is 0 Å². The number of nitrogens with one attached hydrogen (secondary N) is 2. The normalized spacial score (nSPS) is 11.8. The van der Waals surface area contributed by atoms with E-state index in [1.165, 1.54) is 51.0 Å². The third-order valence-electron chi connectivity index (χ3n) is 5.46. The topological polar surface area (TPSA) is 50.4 Å². The fourth-order valence-corrected chi connectivity index (χ4v) is 3.18. The summed E-state index contributed by atoms with van der Waals surface area (Å²) in [7, 11) is 4.87. The first-order valence-corrected chi connectivity index (χ1v) is 14.1. The number of hydrogen-bond donors (Lipinski definition) is 2. The van der Waals surface area contributed by atoms with Gasteiger partial charge in [0.2, 0.25) is 0 Å². The molecule has 0 aromatic heterocycles. The van der Waals surface area contributed by atoms with Crippen LogP contribution in [-0.4, -0.2) is 33.8 Å². The molecule has 0 saturated carbocycles. The summed E-state index contributed by atoms with van der Waals surface area (Å²) in [6.07, 6.45) is 18.1. The van der Waals surface area contributed by atoms with E-state index < -0.39 is 11.9 Å². The molecule has 0 heterocycles. The maximum Gasteiger partial charge on any atom is 0.406 e. The van der Waals surface area contributed by atoms with Gasteiger partial charge in [0, 0.05) is 7.05 Å². The molecule has 1 atom stereocenters. The Balaban J connectivity index is -0.000000309. The molecule has 2 N–H and O–H groups in total. The summed E-state index contributed by atoms with van der Waals surface area (Å²) in [5.74, 6) is 0.0331. The fourth-order valence-electron chi connectivity index (χ4n) is 3.18. The molecule has 0 saturated heterocycles. The number of allylic oxidation sites excluding steroid dienone is 10. The van der Waals surface area contributed by atoms with Crippen LogP contribution in [0, 0.1) is 5.92 Å². The molecular formula is C33H60F2N2O2. The van der Waals surface area contributed by atoms with Crippen LogP contribution < -0.4 is 10.6 Å². The Morgan fingerprint density at radius 3 is 1.79 bits per heavy atom. The molecule has 0 aliphatic carbocycles. The highest BCUT2D eigenvalue weighted by atomic mass is 19.2. The Morgan fingerprint density at radius 1 is 0.974 bits per heavy atom. The maximum atomic E-state index is 11.3. The van der Waals surface area contributed by atoms with Crippen LogP contribution in [0.3, 0.4) is 0 Å². The van der Waals surface area contributed by atoms with Gasteiger partial charge < -0.3 is 15.4 Å². The van der Waals surface area contributed by atoms with Gasteiger partial charge in [-0.25, -0.2) is 13.6 Å². The van der Waals surface area contributed by atoms with Gasteiger partial charge in [-0.3, -0.25) is 0 Å². The molecule has 1 amide bonds. The lowest BCUT2D eigenvalue weighted by Gasteiger charge is -2.15. The molecule has 228 valence electrons. The first kappa shape index (κ1) is 43.6. The summed E-state index contributed by atoms with van der Waals surface area (Å²) in [5.41, 5.74) is 5.85. The second-order valence-corrected chi connectivity index (χ2v) is 9.05. The Labute approximate surface area is 240 Å². The summed E-state index contributed by atoms with van der Waals surface area (Å²) in [6, 6.07) is 0. The summed E-state index contributed by atoms with van der Waals surface area (Å²) < 4.78 is 26.3. The van der Waals surface area contributed by atoms with Crippen LogP contribution in [-0.2, 0) is 4.74 Å². The highest BCUT2D eigenvalue weighted by Crippen LogP contribution is 2.22. The monoisotopic (exact) mass is 554 g/mol. The highest BCUT2D eigenvalue weighted by Gasteiger charge is 2.06. The van der Waals surface area contributed by atoms with E-state index >= 15 is 0 Å². The first-order chi connectivity index (χ1) is 18.5. The van der Waals surface area contributed by atoms with Crippen LogP contribution in [0.1, 0.15) is 100 Å². The molecule has 0 bridgehead atoms. The number of hydrogen-bond acceptors (Lipinski definition) is 3. The number of carbonyl (C=O) groups excluding carboxylic acids is 1. The molecule has 0 radical (unpaired) electrons. The van der Waals surface area contributed by atoms with Crippen molar-refractivity contribution in [3.05, 3.63) is 71.4 Å². The van der Waals surface area contributed by atoms with Crippen molar-refractivity contribution in [1.29, 1.82) is 0 Å². The molecule has 0 aromatic rings. The van der Waals surface area contributed by atoms with Crippen molar-refractivity contribution < 1.29 is 18.3 Å². The number of ether oxygens (including phenoxy) is 1. The van der Waals surface area contributed by atoms with Gasteiger partial charge in [0.1, 0.15) is 12.2 Å². The van der Waals surface area contributed by atoms with Crippen molar-refractivity contribution in [3.8, 4) is 0 Å². The lowest BCUT2D eigenvalue weighted by molar-refractivity contribution is 0.173. The molecule has 0 spiro atoms. The fraction of sp³-hybridized carbons (Fsp3) is 0.606. The molecule has 0 fully saturated rings. The maximum absolute atomic E-state index is 11.3. The molecule has 0 aliphatic rings. The molecular weight excluding hydrogens is 494 g/mol. The lowest BCUT2D eigenvalue weighted by atomic mass is 9.94. The first-order valence-electron chi connectivity index (χ1n) is 14.1. The van der Waals surface area contributed by atoms with Gasteiger partial charge >= 0.3 is 6.09 Å². The Hall–Kier alpha value is -2.47. The number of amides is 1. The highest BCUT2D eigenvalue weighted by molar-refractivity contribution is 5.66. The average Bonchev–Trinajstić information content (AvgIpc) is 2.94. The lowest BCUT2D eigenvalue weighted by Crippen LogP contribution is -2.18. The van der Waals surface area contributed by atoms with E-state index in [4.69, 9.17) is 0 Å². The van der Waals surface area contributed by atoms with Crippen LogP contribution in [0.25, 0.3) is 0 Å². The number of methoxy groups -OCH3 is 1. The predicted molar refractivity (Wildman–Crippen MR) is 169 cm³/mol. The van der Waals surface area contributed by atoms with E-state index in [0.29, 0.717) is 0 Å². The molecule has 6 heteroatoms. The van der Waals surface area contributed by atoms with Gasteiger partial charge in [0.05, 0.1) is 7.11 Å². The second kappa shape index (κ2) is 33.6. The van der Waals surface area contributed by atoms with E-state index in [1.807, 2.05) is 20.9 Å². The van der Waals surface area contributed by atoms with Gasteiger partial charge in [-0.05, 0) is 85.7 Å². The Kier molecular flexibility index (Phi) is 37.5. The average molecular weight is 555 g/mol. The summed E-state index contributed by atoms with van der Waals surface area (Å²) in [6.45, 7) is 21.3. The van der Waals surface area contributed by atoms with E-state index in [1.54, 1.807) is 18.1 Å². The minimum Gasteiger partial charge on any atom is -0.453 e. The molecule has 39 heavy (non-hydrogen) atoms. The van der Waals surface area contributed by atoms with Crippen LogP contribution in [0.15, 0.2) is 71.4 Å². The summed E-state index contributed by atoms with van der Waals surface area (Å²) in [5, 5.41) is 5.56. The van der Waals surface area contributed by atoms with Gasteiger partial charge in [-0.1, -0.05) is 86.8 Å². The van der Waals surface area contributed by atoms with Crippen molar-refractivity contribution in [1.82, 2.24) is 10.6 Å². The molecule has 0 aliphatic heterocycles. The third kappa shape index (κ3) is 33.5. The van der Waals surface area contributed by atoms with Gasteiger partial charge in [0.15, 0.2) is 0 Å². The Morgan fingerprint density at radius 2 is 1.51 bits per heavy atom. The van der Waals surface area contributed by atoms with E-state index in [9.17, 15) is 13.6 Å². The standard InChI is InChI=1S/C22H39N.C4H6F2.C4H8.C3H7NO2/c1-7-12-15-22(21(10-4)11-5)16-13-14-19(8-2)17-20(9-3)18-23-6;1-2-4(6)3-5;1-4(2)3;1-4-3(5)6-2/h7-8,12-14,20,23H,9-11,15-18H2,1-6H3;3H,2H2,1H3;1H2,2-3H3;1-2H3,(H,4,5)/b12-7-,14-13-,19-8+;4-3-;;. The van der Waals surface area contributed by atoms with Crippen molar-refractivity contribution in [2.75, 3.05) is 27.7 Å². The van der Waals surface area contributed by atoms with Crippen molar-refractivity contribution >= 4 is 6.09 Å². The minimum atomic E-state index is -0.699. The zero-order chi connectivity index (χ0) is 31.1. The number of carbonyl (C=O) groups is 1. The smallest absolute Gasteiger partial charge is 0.406 e. The van der Waals surface area contributed by atoms with Crippen molar-refractivity contribution in [3.63, 3.8) is 0 Å². The largest absolute Gasteiger partial charge is 0.453 e. The zero-order valence-corrected chi connectivity index (χ0v) is 27.0. The number of rotatable bonds is 13. The predicted octanol–water partition coefficient (Wildman–Crippen LogP) is 10.3. The summed E-state index contributed by atoms with van der Waals surface area (Å²) >= 11 is 0. The van der Waals surface area contributed by atoms with E-state index in [0.717, 1.165) is 25.3 Å². The molecule has 4 nitrogen and oxygen atoms in total. The number of halogens is 2. The third-order valence-corrected chi connectivity index (χ3v) is 5.46. The van der Waals surface area contributed by atoms with Crippen molar-refractivity contribution in [2.24, 2.45) is 5.92 Å². The summed E-state index contributed by atoms with van der Waals surface area (Å²) in [4.78, 5) is 9.85. The van der Waals surface area contributed by atoms with Crippen LogP contribution in [0.4, 0.5) is 13.6 Å². The zero-order valence-electron chi connectivity index (χ0n) is 27.0. The molecule has 0 rings (SSSR count). The SMILES string of the molecule is C/C=C\CC(C/C=C\C(=C/C)CC(CC)CNC)=C(CC)CC.C=C(C)C.CC/C(F)=C/F.CNC(=O)OC. The minimum absolute atomic E-state index is 0.0278. The molecule has 0 aromatic carbocycles.